The number of sulfonamides is 2. The van der Waals surface area contributed by atoms with Crippen molar-refractivity contribution in [2.45, 2.75) is 83.7 Å². The molecule has 12 rings (SSSR count). The number of ether oxygens (including phenoxy) is 4. The zero-order valence-electron chi connectivity index (χ0n) is 52.7. The largest absolute Gasteiger partial charge is 0.497 e. The Balaban J connectivity index is 0.000000195. The number of ketones is 2. The second-order valence-corrected chi connectivity index (χ2v) is 30.2. The van der Waals surface area contributed by atoms with Crippen molar-refractivity contribution in [3.05, 3.63) is 240 Å². The fourth-order valence-corrected chi connectivity index (χ4v) is 20.1. The molecule has 0 unspecified atom stereocenters. The number of hydrogen-bond donors (Lipinski definition) is 0. The van der Waals surface area contributed by atoms with Crippen LogP contribution in [0.15, 0.2) is 216 Å². The van der Waals surface area contributed by atoms with Gasteiger partial charge < -0.3 is 18.9 Å². The number of methoxy groups -OCH3 is 2. The van der Waals surface area contributed by atoms with Crippen molar-refractivity contribution < 1.29 is 64.6 Å². The van der Waals surface area contributed by atoms with Gasteiger partial charge in [-0.15, -0.1) is 0 Å². The Labute approximate surface area is 576 Å². The lowest BCUT2D eigenvalue weighted by Gasteiger charge is -2.49. The second kappa shape index (κ2) is 28.0. The van der Waals surface area contributed by atoms with Crippen LogP contribution < -0.4 is 27.9 Å². The Morgan fingerprint density at radius 2 is 0.781 bits per heavy atom. The molecule has 4 heterocycles. The Bertz CT molecular complexity index is 4300. The summed E-state index contributed by atoms with van der Waals surface area (Å²) in [5.74, 6) is -4.57. The standard InChI is InChI=1S/2C36H32N2O7S3/c2*1-4-45-33(40)32-36(34(41)37(35(46)47-36)25-10-6-5-7-11-25)29(22-31(39)24-16-18-26(44-3)19-17-24)28-12-8-9-13-30(28)38(32)48(42,43)27-20-14-23(2)15-21-27/h2*5-21,29,32H,4,22H2,1-3H3/t2*29-,32-,36-/m11/s1. The molecule has 24 heteroatoms. The fraction of sp³-hybridized carbons (Fsp3) is 0.222. The Morgan fingerprint density at radius 1 is 0.458 bits per heavy atom. The number of para-hydroxylation sites is 4. The van der Waals surface area contributed by atoms with E-state index in [4.69, 9.17) is 43.4 Å². The molecule has 0 radical (unpaired) electrons. The molecule has 2 fully saturated rings. The minimum atomic E-state index is -4.50. The van der Waals surface area contributed by atoms with Crippen LogP contribution in [0.2, 0.25) is 0 Å². The van der Waals surface area contributed by atoms with Crippen LogP contribution in [0.4, 0.5) is 22.7 Å². The highest BCUT2D eigenvalue weighted by molar-refractivity contribution is 8.26. The van der Waals surface area contributed by atoms with Crippen LogP contribution in [0.1, 0.15) is 81.5 Å². The molecule has 0 N–H and O–H groups in total. The SMILES string of the molecule is CCOC(=O)[C@H]1N(S(=O)(=O)c2ccc(C)cc2)c2ccccc2[C@@H](CC(=O)c2ccc(OC)cc2)[C@@]12SC(=S)N(c1ccccc1)C2=O.CCOC(=O)[C@H]1N(S(=O)(=O)c2ccc(C)cc2)c2ccccc2[C@@H](CC(=O)c2ccc(OC)cc2)[C@@]12SC(=S)N(c1ccccc1)C2=O. The van der Waals surface area contributed by atoms with E-state index in [0.717, 1.165) is 43.3 Å². The van der Waals surface area contributed by atoms with E-state index < -0.39 is 77.2 Å². The van der Waals surface area contributed by atoms with Gasteiger partial charge in [-0.3, -0.25) is 29.0 Å². The normalized spacial score (nSPS) is 20.5. The van der Waals surface area contributed by atoms with E-state index in [-0.39, 0.29) is 67.4 Å². The number of Topliss-reactive ketones (excluding diaryl/α,β-unsaturated/α-hetero) is 2. The first-order chi connectivity index (χ1) is 46.1. The van der Waals surface area contributed by atoms with Gasteiger partial charge in [-0.05, 0) is 148 Å². The highest BCUT2D eigenvalue weighted by Gasteiger charge is 2.71. The van der Waals surface area contributed by atoms with Gasteiger partial charge in [0.2, 0.25) is 0 Å². The first-order valence-electron chi connectivity index (χ1n) is 30.4. The number of thioether (sulfide) groups is 2. The third-order valence-electron chi connectivity index (χ3n) is 17.2. The summed E-state index contributed by atoms with van der Waals surface area (Å²) in [6.45, 7) is 6.73. The average molecular weight is 1400 g/mol. The van der Waals surface area contributed by atoms with Crippen molar-refractivity contribution in [2.75, 3.05) is 45.8 Å². The summed E-state index contributed by atoms with van der Waals surface area (Å²) in [5.41, 5.74) is 4.48. The molecule has 6 atom stereocenters. The van der Waals surface area contributed by atoms with Crippen molar-refractivity contribution in [1.82, 2.24) is 0 Å². The van der Waals surface area contributed by atoms with Gasteiger partial charge >= 0.3 is 11.9 Å². The van der Waals surface area contributed by atoms with Crippen molar-refractivity contribution in [1.29, 1.82) is 0 Å². The van der Waals surface area contributed by atoms with E-state index in [1.165, 1.54) is 48.3 Å². The van der Waals surface area contributed by atoms with Crippen LogP contribution in [0.5, 0.6) is 11.5 Å². The molecule has 96 heavy (non-hydrogen) atoms. The maximum absolute atomic E-state index is 15.1. The number of anilines is 4. The van der Waals surface area contributed by atoms with Crippen LogP contribution in [0, 0.1) is 13.8 Å². The van der Waals surface area contributed by atoms with Gasteiger partial charge in [0.05, 0.1) is 60.0 Å². The predicted molar refractivity (Wildman–Crippen MR) is 378 cm³/mol. The molecular formula is C72H64N4O14S6. The lowest BCUT2D eigenvalue weighted by molar-refractivity contribution is -0.147. The smallest absolute Gasteiger partial charge is 0.332 e. The van der Waals surface area contributed by atoms with Crippen LogP contribution in [-0.2, 0) is 48.7 Å². The molecule has 0 aliphatic carbocycles. The highest BCUT2D eigenvalue weighted by atomic mass is 32.2. The number of nitrogens with zero attached hydrogens (tertiary/aromatic N) is 4. The van der Waals surface area contributed by atoms with Gasteiger partial charge in [0, 0.05) is 35.8 Å². The summed E-state index contributed by atoms with van der Waals surface area (Å²) < 4.78 is 79.0. The Kier molecular flexibility index (Phi) is 19.9. The molecule has 0 aromatic heterocycles. The van der Waals surface area contributed by atoms with E-state index in [1.807, 2.05) is 13.8 Å². The molecule has 8 aromatic carbocycles. The van der Waals surface area contributed by atoms with Gasteiger partial charge in [-0.1, -0.05) is 156 Å². The molecule has 0 saturated carbocycles. The van der Waals surface area contributed by atoms with Gasteiger partial charge in [0.1, 0.15) is 29.6 Å². The van der Waals surface area contributed by atoms with E-state index >= 15 is 9.59 Å². The summed E-state index contributed by atoms with van der Waals surface area (Å²) in [5, 5.41) is 0. The summed E-state index contributed by atoms with van der Waals surface area (Å²) in [7, 11) is -5.95. The van der Waals surface area contributed by atoms with E-state index in [0.29, 0.717) is 45.1 Å². The first-order valence-corrected chi connectivity index (χ1v) is 35.7. The van der Waals surface area contributed by atoms with Crippen molar-refractivity contribution in [3.63, 3.8) is 0 Å². The highest BCUT2D eigenvalue weighted by Crippen LogP contribution is 2.61. The third-order valence-corrected chi connectivity index (χ3v) is 24.4. The molecular weight excluding hydrogens is 1340 g/mol. The molecule has 4 aliphatic rings. The van der Waals surface area contributed by atoms with Gasteiger partial charge in [0.25, 0.3) is 31.9 Å². The minimum absolute atomic E-state index is 0.0713. The molecule has 18 nitrogen and oxygen atoms in total. The Hall–Kier alpha value is -9.04. The maximum atomic E-state index is 15.1. The van der Waals surface area contributed by atoms with Gasteiger partial charge in [-0.25, -0.2) is 35.0 Å². The molecule has 2 saturated heterocycles. The predicted octanol–water partition coefficient (Wildman–Crippen LogP) is 12.6. The zero-order valence-corrected chi connectivity index (χ0v) is 57.6. The summed E-state index contributed by atoms with van der Waals surface area (Å²) in [6, 6.07) is 53.0. The van der Waals surface area contributed by atoms with E-state index in [9.17, 15) is 36.0 Å². The topological polar surface area (TPSA) is 221 Å². The molecule has 2 spiro atoms. The monoisotopic (exact) mass is 1400 g/mol. The molecule has 0 bridgehead atoms. The summed E-state index contributed by atoms with van der Waals surface area (Å²) in [6.07, 6.45) is -0.469. The Morgan fingerprint density at radius 3 is 1.10 bits per heavy atom. The van der Waals surface area contributed by atoms with Crippen LogP contribution >= 0.6 is 48.0 Å². The number of carbonyl (C=O) groups excluding carboxylic acids is 6. The number of esters is 2. The van der Waals surface area contributed by atoms with Crippen LogP contribution in [-0.4, -0.2) is 110 Å². The van der Waals surface area contributed by atoms with Gasteiger partial charge in [0.15, 0.2) is 23.7 Å². The number of rotatable bonds is 18. The average Bonchev–Trinajstić information content (AvgIpc) is 1.34. The maximum Gasteiger partial charge on any atom is 0.332 e. The molecule has 492 valence electrons. The van der Waals surface area contributed by atoms with Crippen LogP contribution in [0.3, 0.4) is 0 Å². The first kappa shape index (κ1) is 68.3. The summed E-state index contributed by atoms with van der Waals surface area (Å²) >= 11 is 13.5. The van der Waals surface area contributed by atoms with Crippen molar-refractivity contribution >= 4 is 135 Å². The number of thiocarbonyl (C=S) groups is 2. The molecule has 4 aliphatic heterocycles. The number of carbonyl (C=O) groups is 6. The summed E-state index contributed by atoms with van der Waals surface area (Å²) in [4.78, 5) is 89.6. The van der Waals surface area contributed by atoms with Crippen molar-refractivity contribution in [2.24, 2.45) is 0 Å². The molecule has 8 aromatic rings. The fourth-order valence-electron chi connectivity index (χ4n) is 12.7. The zero-order chi connectivity index (χ0) is 68.4. The van der Waals surface area contributed by atoms with Crippen LogP contribution in [0.25, 0.3) is 0 Å². The number of aryl methyl sites for hydroxylation is 2. The second-order valence-electron chi connectivity index (χ2n) is 22.7. The molecule has 2 amide bonds. The van der Waals surface area contributed by atoms with E-state index in [1.54, 1.807) is 196 Å². The van der Waals surface area contributed by atoms with Gasteiger partial charge in [-0.2, -0.15) is 0 Å². The number of amides is 2. The third kappa shape index (κ3) is 12.3. The van der Waals surface area contributed by atoms with E-state index in [2.05, 4.69) is 0 Å². The number of fused-ring (bicyclic) bond motifs is 2. The number of benzene rings is 8. The minimum Gasteiger partial charge on any atom is -0.497 e. The quantitative estimate of drug-likeness (QED) is 0.0443. The lowest BCUT2D eigenvalue weighted by atomic mass is 9.72. The van der Waals surface area contributed by atoms with Crippen molar-refractivity contribution in [3.8, 4) is 11.5 Å². The number of hydrogen-bond acceptors (Lipinski definition) is 18. The lowest BCUT2D eigenvalue weighted by Crippen LogP contribution is -2.66.